The standard InChI is InChI=1S/C30H37N3O6S/c1-3-40(36,37)32-30(35)22-11-14-24-25(17-22)33(26(19-34)27-18-31-15-16-39-27)29(21-9-12-23(38-2)13-10-21)28(24)20-7-5-4-6-8-20/h9-14,17,19-20,26-27,31H,3-8,15-16,18H2,1-2H3,(H,32,35). The van der Waals surface area contributed by atoms with E-state index in [1.54, 1.807) is 19.2 Å². The molecule has 5 rings (SSSR count). The van der Waals surface area contributed by atoms with Crippen LogP contribution >= 0.6 is 0 Å². The van der Waals surface area contributed by atoms with E-state index in [0.717, 1.165) is 59.9 Å². The first-order valence-corrected chi connectivity index (χ1v) is 15.7. The van der Waals surface area contributed by atoms with E-state index in [1.807, 2.05) is 34.9 Å². The molecule has 3 aromatic rings. The molecule has 0 radical (unpaired) electrons. The van der Waals surface area contributed by atoms with Crippen molar-refractivity contribution >= 4 is 33.1 Å². The number of fused-ring (bicyclic) bond motifs is 1. The van der Waals surface area contributed by atoms with Crippen LogP contribution in [0, 0.1) is 0 Å². The summed E-state index contributed by atoms with van der Waals surface area (Å²) in [5, 5.41) is 4.29. The Bertz CT molecular complexity index is 1470. The molecule has 1 aliphatic carbocycles. The fraction of sp³-hybridized carbons (Fsp3) is 0.467. The van der Waals surface area contributed by atoms with Gasteiger partial charge >= 0.3 is 0 Å². The van der Waals surface area contributed by atoms with Gasteiger partial charge in [-0.15, -0.1) is 0 Å². The van der Waals surface area contributed by atoms with Crippen molar-refractivity contribution in [2.45, 2.75) is 57.1 Å². The molecule has 2 aliphatic rings. The van der Waals surface area contributed by atoms with Gasteiger partial charge in [-0.1, -0.05) is 25.3 Å². The second kappa shape index (κ2) is 12.1. The molecule has 1 saturated heterocycles. The lowest BCUT2D eigenvalue weighted by molar-refractivity contribution is -0.115. The zero-order valence-electron chi connectivity index (χ0n) is 23.0. The summed E-state index contributed by atoms with van der Waals surface area (Å²) in [5.74, 6) is 0.116. The van der Waals surface area contributed by atoms with Crippen LogP contribution in [0.3, 0.4) is 0 Å². The van der Waals surface area contributed by atoms with Crippen LogP contribution in [0.1, 0.15) is 66.9 Å². The third-order valence-corrected chi connectivity index (χ3v) is 9.34. The van der Waals surface area contributed by atoms with Crippen LogP contribution < -0.4 is 14.8 Å². The van der Waals surface area contributed by atoms with E-state index in [0.29, 0.717) is 25.2 Å². The molecule has 1 aromatic heterocycles. The van der Waals surface area contributed by atoms with Gasteiger partial charge in [-0.05, 0) is 73.2 Å². The molecule has 0 bridgehead atoms. The van der Waals surface area contributed by atoms with Crippen molar-refractivity contribution in [3.63, 3.8) is 0 Å². The highest BCUT2D eigenvalue weighted by Gasteiger charge is 2.34. The van der Waals surface area contributed by atoms with E-state index >= 15 is 0 Å². The third-order valence-electron chi connectivity index (χ3n) is 8.09. The summed E-state index contributed by atoms with van der Waals surface area (Å²) >= 11 is 0. The van der Waals surface area contributed by atoms with Crippen LogP contribution in [0.25, 0.3) is 22.2 Å². The number of morpholine rings is 1. The summed E-state index contributed by atoms with van der Waals surface area (Å²) in [6.45, 7) is 3.20. The van der Waals surface area contributed by atoms with Gasteiger partial charge in [0, 0.05) is 24.0 Å². The van der Waals surface area contributed by atoms with Crippen molar-refractivity contribution < 1.29 is 27.5 Å². The number of methoxy groups -OCH3 is 1. The van der Waals surface area contributed by atoms with E-state index in [9.17, 15) is 18.0 Å². The van der Waals surface area contributed by atoms with Crippen molar-refractivity contribution in [1.82, 2.24) is 14.6 Å². The molecule has 2 N–H and O–H groups in total. The van der Waals surface area contributed by atoms with Gasteiger partial charge < -0.3 is 24.2 Å². The minimum absolute atomic E-state index is 0.204. The van der Waals surface area contributed by atoms with Gasteiger partial charge in [0.2, 0.25) is 10.0 Å². The van der Waals surface area contributed by atoms with Crippen LogP contribution in [0.15, 0.2) is 42.5 Å². The maximum Gasteiger partial charge on any atom is 0.264 e. The molecular weight excluding hydrogens is 530 g/mol. The second-order valence-electron chi connectivity index (χ2n) is 10.5. The number of rotatable bonds is 9. The number of ether oxygens (including phenoxy) is 2. The molecule has 2 aromatic carbocycles. The van der Waals surface area contributed by atoms with Crippen molar-refractivity contribution in [3.8, 4) is 17.0 Å². The minimum Gasteiger partial charge on any atom is -0.497 e. The van der Waals surface area contributed by atoms with Gasteiger partial charge in [-0.3, -0.25) is 4.79 Å². The lowest BCUT2D eigenvalue weighted by atomic mass is 9.81. The molecular formula is C30H37N3O6S. The SMILES string of the molecule is CCS(=O)(=O)NC(=O)c1ccc2c(C3CCCCC3)c(-c3ccc(OC)cc3)n(C(C=O)C3CNCCO3)c2c1. The van der Waals surface area contributed by atoms with Gasteiger partial charge in [0.05, 0.1) is 36.8 Å². The Balaban J connectivity index is 1.78. The number of aromatic nitrogens is 1. The van der Waals surface area contributed by atoms with E-state index in [-0.39, 0.29) is 17.2 Å². The first kappa shape index (κ1) is 28.3. The summed E-state index contributed by atoms with van der Waals surface area (Å²) in [4.78, 5) is 25.9. The molecule has 2 fully saturated rings. The summed E-state index contributed by atoms with van der Waals surface area (Å²) in [7, 11) is -2.12. The Kier molecular flexibility index (Phi) is 8.58. The van der Waals surface area contributed by atoms with E-state index < -0.39 is 28.1 Å². The number of hydrogen-bond donors (Lipinski definition) is 2. The monoisotopic (exact) mass is 567 g/mol. The normalized spacial score (nSPS) is 19.3. The average molecular weight is 568 g/mol. The van der Waals surface area contributed by atoms with Crippen molar-refractivity contribution in [2.75, 3.05) is 32.6 Å². The molecule has 40 heavy (non-hydrogen) atoms. The molecule has 2 atom stereocenters. The number of amides is 1. The average Bonchev–Trinajstić information content (AvgIpc) is 3.32. The first-order valence-electron chi connectivity index (χ1n) is 14.0. The minimum atomic E-state index is -3.74. The predicted molar refractivity (Wildman–Crippen MR) is 154 cm³/mol. The predicted octanol–water partition coefficient (Wildman–Crippen LogP) is 4.17. The number of benzene rings is 2. The lowest BCUT2D eigenvalue weighted by Crippen LogP contribution is -2.44. The Morgan fingerprint density at radius 1 is 1.18 bits per heavy atom. The molecule has 214 valence electrons. The van der Waals surface area contributed by atoms with E-state index in [2.05, 4.69) is 10.0 Å². The van der Waals surface area contributed by atoms with Crippen LogP contribution in [0.4, 0.5) is 0 Å². The topological polar surface area (TPSA) is 116 Å². The summed E-state index contributed by atoms with van der Waals surface area (Å²) in [6, 6.07) is 12.4. The lowest BCUT2D eigenvalue weighted by Gasteiger charge is -2.31. The van der Waals surface area contributed by atoms with Crippen LogP contribution in [-0.2, 0) is 19.6 Å². The number of nitrogens with zero attached hydrogens (tertiary/aromatic N) is 1. The maximum absolute atomic E-state index is 13.0. The zero-order chi connectivity index (χ0) is 28.3. The molecule has 1 amide bonds. The quantitative estimate of drug-likeness (QED) is 0.373. The van der Waals surface area contributed by atoms with Crippen LogP contribution in [0.2, 0.25) is 0 Å². The number of nitrogens with one attached hydrogen (secondary N) is 2. The van der Waals surface area contributed by atoms with Crippen molar-refractivity contribution in [3.05, 3.63) is 53.6 Å². The van der Waals surface area contributed by atoms with Gasteiger partial charge in [0.15, 0.2) is 0 Å². The van der Waals surface area contributed by atoms with E-state index in [4.69, 9.17) is 9.47 Å². The third kappa shape index (κ3) is 5.66. The highest BCUT2D eigenvalue weighted by molar-refractivity contribution is 7.90. The largest absolute Gasteiger partial charge is 0.497 e. The number of hydrogen-bond acceptors (Lipinski definition) is 7. The second-order valence-corrected chi connectivity index (χ2v) is 12.5. The molecule has 9 nitrogen and oxygen atoms in total. The maximum atomic E-state index is 13.0. The number of carbonyl (C=O) groups excluding carboxylic acids is 2. The molecule has 10 heteroatoms. The number of carbonyl (C=O) groups is 2. The van der Waals surface area contributed by atoms with Gasteiger partial charge in [0.25, 0.3) is 5.91 Å². The number of sulfonamides is 1. The Morgan fingerprint density at radius 3 is 2.55 bits per heavy atom. The first-order chi connectivity index (χ1) is 19.4. The smallest absolute Gasteiger partial charge is 0.264 e. The van der Waals surface area contributed by atoms with Gasteiger partial charge in [0.1, 0.15) is 18.1 Å². The molecule has 1 aliphatic heterocycles. The van der Waals surface area contributed by atoms with Crippen molar-refractivity contribution in [2.24, 2.45) is 0 Å². The molecule has 2 heterocycles. The summed E-state index contributed by atoms with van der Waals surface area (Å²) in [6.07, 6.45) is 6.03. The molecule has 0 spiro atoms. The highest BCUT2D eigenvalue weighted by atomic mass is 32.2. The van der Waals surface area contributed by atoms with Crippen LogP contribution in [-0.4, -0.2) is 63.8 Å². The van der Waals surface area contributed by atoms with E-state index in [1.165, 1.54) is 13.3 Å². The summed E-state index contributed by atoms with van der Waals surface area (Å²) < 4.78 is 40.0. The van der Waals surface area contributed by atoms with Gasteiger partial charge in [-0.25, -0.2) is 13.1 Å². The van der Waals surface area contributed by atoms with Gasteiger partial charge in [-0.2, -0.15) is 0 Å². The fourth-order valence-corrected chi connectivity index (χ4v) is 6.57. The van der Waals surface area contributed by atoms with Crippen LogP contribution in [0.5, 0.6) is 5.75 Å². The highest BCUT2D eigenvalue weighted by Crippen LogP contribution is 2.46. The molecule has 1 saturated carbocycles. The zero-order valence-corrected chi connectivity index (χ0v) is 23.8. The fourth-order valence-electron chi connectivity index (χ4n) is 6.03. The Hall–Kier alpha value is -3.21. The summed E-state index contributed by atoms with van der Waals surface area (Å²) in [5.41, 5.74) is 3.94. The Morgan fingerprint density at radius 2 is 1.93 bits per heavy atom. The molecule has 2 unspecified atom stereocenters. The van der Waals surface area contributed by atoms with Crippen molar-refractivity contribution in [1.29, 1.82) is 0 Å². The Labute approximate surface area is 235 Å². The number of aldehydes is 1.